The first-order chi connectivity index (χ1) is 15.0. The number of nitrogens with zero attached hydrogens (tertiary/aromatic N) is 3. The highest BCUT2D eigenvalue weighted by atomic mass is 32.2. The first kappa shape index (κ1) is 21.4. The van der Waals surface area contributed by atoms with Gasteiger partial charge in [0.2, 0.25) is 11.8 Å². The zero-order chi connectivity index (χ0) is 21.8. The molecule has 0 bridgehead atoms. The van der Waals surface area contributed by atoms with Crippen molar-refractivity contribution in [2.75, 3.05) is 16.4 Å². The van der Waals surface area contributed by atoms with Crippen molar-refractivity contribution in [3.63, 3.8) is 0 Å². The number of benzene rings is 2. The Bertz CT molecular complexity index is 1040. The number of aromatic nitrogens is 2. The third-order valence-electron chi connectivity index (χ3n) is 5.16. The Labute approximate surface area is 181 Å². The molecule has 0 radical (unpaired) electrons. The van der Waals surface area contributed by atoms with Crippen molar-refractivity contribution < 1.29 is 22.4 Å². The van der Waals surface area contributed by atoms with Gasteiger partial charge in [-0.15, -0.1) is 10.2 Å². The average Bonchev–Trinajstić information content (AvgIpc) is 3.30. The Morgan fingerprint density at radius 1 is 1.13 bits per heavy atom. The fraction of sp³-hybridized carbons (Fsp3) is 0.318. The molecular formula is C22H20F3N3O2S. The second kappa shape index (κ2) is 9.55. The highest BCUT2D eigenvalue weighted by Gasteiger charge is 2.28. The van der Waals surface area contributed by atoms with E-state index in [1.165, 1.54) is 12.1 Å². The highest BCUT2D eigenvalue weighted by molar-refractivity contribution is 7.99. The minimum absolute atomic E-state index is 0.0200. The normalized spacial score (nSPS) is 14.7. The lowest BCUT2D eigenvalue weighted by Gasteiger charge is -2.29. The van der Waals surface area contributed by atoms with E-state index in [9.17, 15) is 18.0 Å². The third-order valence-corrected chi connectivity index (χ3v) is 6.21. The van der Waals surface area contributed by atoms with E-state index >= 15 is 0 Å². The first-order valence-corrected chi connectivity index (χ1v) is 11.0. The predicted molar refractivity (Wildman–Crippen MR) is 112 cm³/mol. The highest BCUT2D eigenvalue weighted by Crippen LogP contribution is 2.29. The minimum atomic E-state index is -2.89. The van der Waals surface area contributed by atoms with Crippen molar-refractivity contribution in [1.82, 2.24) is 10.2 Å². The number of hydrogen-bond donors (Lipinski definition) is 0. The molecule has 1 saturated heterocycles. The number of rotatable bonds is 6. The molecule has 0 atom stereocenters. The number of amides is 1. The number of thioether (sulfide) groups is 1. The maximum atomic E-state index is 14.9. The van der Waals surface area contributed by atoms with Crippen LogP contribution < -0.4 is 4.90 Å². The molecule has 0 unspecified atom stereocenters. The zero-order valence-electron chi connectivity index (χ0n) is 16.5. The Hall–Kier alpha value is -2.81. The van der Waals surface area contributed by atoms with Crippen LogP contribution >= 0.6 is 11.8 Å². The number of para-hydroxylation sites is 1. The van der Waals surface area contributed by atoms with E-state index < -0.39 is 18.1 Å². The van der Waals surface area contributed by atoms with Crippen molar-refractivity contribution in [2.24, 2.45) is 5.92 Å². The molecule has 0 aliphatic carbocycles. The maximum absolute atomic E-state index is 14.9. The van der Waals surface area contributed by atoms with Crippen LogP contribution in [0.15, 0.2) is 52.9 Å². The summed E-state index contributed by atoms with van der Waals surface area (Å²) >= 11 is 1.84. The van der Waals surface area contributed by atoms with Gasteiger partial charge in [-0.1, -0.05) is 24.3 Å². The Balaban J connectivity index is 1.59. The smallest absolute Gasteiger partial charge is 0.314 e. The van der Waals surface area contributed by atoms with Gasteiger partial charge >= 0.3 is 6.43 Å². The second-order valence-electron chi connectivity index (χ2n) is 7.20. The van der Waals surface area contributed by atoms with Gasteiger partial charge in [-0.25, -0.2) is 4.39 Å². The zero-order valence-corrected chi connectivity index (χ0v) is 17.3. The molecule has 3 aromatic rings. The summed E-state index contributed by atoms with van der Waals surface area (Å²) in [5.41, 5.74) is 1.20. The lowest BCUT2D eigenvalue weighted by Crippen LogP contribution is -2.37. The monoisotopic (exact) mass is 447 g/mol. The van der Waals surface area contributed by atoms with Gasteiger partial charge in [-0.2, -0.15) is 20.5 Å². The summed E-state index contributed by atoms with van der Waals surface area (Å²) in [6.07, 6.45) is -1.29. The number of carbonyl (C=O) groups is 1. The topological polar surface area (TPSA) is 59.2 Å². The van der Waals surface area contributed by atoms with Gasteiger partial charge in [0.1, 0.15) is 5.82 Å². The van der Waals surface area contributed by atoms with Gasteiger partial charge in [0.25, 0.3) is 5.89 Å². The fourth-order valence-corrected chi connectivity index (χ4v) is 4.59. The summed E-state index contributed by atoms with van der Waals surface area (Å²) in [6.45, 7) is 0.0602. The summed E-state index contributed by atoms with van der Waals surface area (Å²) in [6, 6.07) is 13.4. The van der Waals surface area contributed by atoms with Gasteiger partial charge in [0.15, 0.2) is 0 Å². The SMILES string of the molecule is O=C(C1CCSCC1)N(Cc1ccc(-c2nnc(C(F)F)o2)cc1F)c1ccccc1. The summed E-state index contributed by atoms with van der Waals surface area (Å²) in [5.74, 6) is 0.188. The molecule has 1 aliphatic heterocycles. The average molecular weight is 447 g/mol. The van der Waals surface area contributed by atoms with E-state index in [0.29, 0.717) is 11.3 Å². The van der Waals surface area contributed by atoms with Gasteiger partial charge in [-0.3, -0.25) is 4.79 Å². The van der Waals surface area contributed by atoms with Gasteiger partial charge in [-0.05, 0) is 48.6 Å². The van der Waals surface area contributed by atoms with Gasteiger partial charge < -0.3 is 9.32 Å². The molecule has 0 N–H and O–H groups in total. The molecule has 1 aromatic heterocycles. The number of alkyl halides is 2. The van der Waals surface area contributed by atoms with E-state index in [-0.39, 0.29) is 29.8 Å². The van der Waals surface area contributed by atoms with Crippen LogP contribution in [-0.2, 0) is 11.3 Å². The summed E-state index contributed by atoms with van der Waals surface area (Å²) in [5, 5.41) is 6.81. The Morgan fingerprint density at radius 2 is 1.87 bits per heavy atom. The number of anilines is 1. The molecule has 0 spiro atoms. The molecule has 1 fully saturated rings. The number of halogens is 3. The molecule has 1 amide bonds. The molecule has 1 aliphatic rings. The largest absolute Gasteiger partial charge is 0.415 e. The van der Waals surface area contributed by atoms with E-state index in [1.54, 1.807) is 4.90 Å². The Morgan fingerprint density at radius 3 is 2.52 bits per heavy atom. The van der Waals surface area contributed by atoms with Crippen LogP contribution in [0, 0.1) is 11.7 Å². The molecule has 162 valence electrons. The number of carbonyl (C=O) groups excluding carboxylic acids is 1. The first-order valence-electron chi connectivity index (χ1n) is 9.87. The minimum Gasteiger partial charge on any atom is -0.415 e. The second-order valence-corrected chi connectivity index (χ2v) is 8.42. The molecule has 4 rings (SSSR count). The van der Waals surface area contributed by atoms with Crippen LogP contribution in [0.3, 0.4) is 0 Å². The van der Waals surface area contributed by atoms with Crippen molar-refractivity contribution in [2.45, 2.75) is 25.8 Å². The van der Waals surface area contributed by atoms with Crippen LogP contribution in [0.25, 0.3) is 11.5 Å². The summed E-state index contributed by atoms with van der Waals surface area (Å²) < 4.78 is 45.1. The van der Waals surface area contributed by atoms with E-state index in [0.717, 1.165) is 30.4 Å². The van der Waals surface area contributed by atoms with Crippen LogP contribution in [0.1, 0.15) is 30.7 Å². The lowest BCUT2D eigenvalue weighted by molar-refractivity contribution is -0.122. The Kier molecular flexibility index (Phi) is 6.60. The van der Waals surface area contributed by atoms with Crippen molar-refractivity contribution in [3.8, 4) is 11.5 Å². The van der Waals surface area contributed by atoms with Crippen molar-refractivity contribution in [3.05, 3.63) is 65.8 Å². The van der Waals surface area contributed by atoms with Gasteiger partial charge in [0, 0.05) is 22.7 Å². The fourth-order valence-electron chi connectivity index (χ4n) is 3.49. The summed E-state index contributed by atoms with van der Waals surface area (Å²) in [4.78, 5) is 14.9. The van der Waals surface area contributed by atoms with Crippen LogP contribution in [0.2, 0.25) is 0 Å². The van der Waals surface area contributed by atoms with Crippen molar-refractivity contribution in [1.29, 1.82) is 0 Å². The van der Waals surface area contributed by atoms with Crippen molar-refractivity contribution >= 4 is 23.4 Å². The molecule has 5 nitrogen and oxygen atoms in total. The van der Waals surface area contributed by atoms with E-state index in [4.69, 9.17) is 4.42 Å². The van der Waals surface area contributed by atoms with Crippen LogP contribution in [0.4, 0.5) is 18.9 Å². The standard InChI is InChI=1S/C22H20F3N3O2S/c23-18-12-15(20-26-27-21(30-20)19(24)25)6-7-16(18)13-28(17-4-2-1-3-5-17)22(29)14-8-10-31-11-9-14/h1-7,12,14,19H,8-11,13H2. The molecule has 2 heterocycles. The van der Waals surface area contributed by atoms with Gasteiger partial charge in [0.05, 0.1) is 6.54 Å². The van der Waals surface area contributed by atoms with E-state index in [1.807, 2.05) is 42.1 Å². The molecule has 2 aromatic carbocycles. The van der Waals surface area contributed by atoms with E-state index in [2.05, 4.69) is 10.2 Å². The molecule has 31 heavy (non-hydrogen) atoms. The molecule has 0 saturated carbocycles. The quantitative estimate of drug-likeness (QED) is 0.500. The molecule has 9 heteroatoms. The maximum Gasteiger partial charge on any atom is 0.314 e. The predicted octanol–water partition coefficient (Wildman–Crippen LogP) is 5.49. The lowest BCUT2D eigenvalue weighted by atomic mass is 10.00. The van der Waals surface area contributed by atoms with Crippen LogP contribution in [-0.4, -0.2) is 27.6 Å². The number of hydrogen-bond acceptors (Lipinski definition) is 5. The summed E-state index contributed by atoms with van der Waals surface area (Å²) in [7, 11) is 0. The van der Waals surface area contributed by atoms with Crippen LogP contribution in [0.5, 0.6) is 0 Å². The molecular weight excluding hydrogens is 427 g/mol. The third kappa shape index (κ3) is 4.92.